The molecule has 2 saturated carbocycles. The van der Waals surface area contributed by atoms with Gasteiger partial charge in [0.2, 0.25) is 0 Å². The number of carbonyl (C=O) groups excluding carboxylic acids is 1. The lowest BCUT2D eigenvalue weighted by Gasteiger charge is -2.50. The molecule has 1 saturated heterocycles. The first-order chi connectivity index (χ1) is 12.7. The molecule has 1 aromatic rings. The molecule has 2 aliphatic carbocycles. The van der Waals surface area contributed by atoms with Gasteiger partial charge in [-0.2, -0.15) is 0 Å². The molecular weight excluding hydrogens is 328 g/mol. The van der Waals surface area contributed by atoms with Crippen LogP contribution in [0.25, 0.3) is 0 Å². The molecule has 0 aromatic heterocycles. The third kappa shape index (κ3) is 3.23. The van der Waals surface area contributed by atoms with Crippen molar-refractivity contribution in [2.45, 2.75) is 44.2 Å². The molecule has 5 heteroatoms. The SMILES string of the molecule is CN(CCO)c1ccc(C(=O)NC2C3CCOC3C2C2CCCC2)cc1. The fourth-order valence-corrected chi connectivity index (χ4v) is 5.24. The molecule has 3 aliphatic rings. The predicted octanol–water partition coefficient (Wildman–Crippen LogP) is 2.44. The van der Waals surface area contributed by atoms with Crippen molar-refractivity contribution in [3.05, 3.63) is 29.8 Å². The van der Waals surface area contributed by atoms with E-state index in [1.54, 1.807) is 0 Å². The van der Waals surface area contributed by atoms with E-state index in [1.165, 1.54) is 25.7 Å². The number of aliphatic hydroxyl groups excluding tert-OH is 1. The van der Waals surface area contributed by atoms with E-state index >= 15 is 0 Å². The third-order valence-corrected chi connectivity index (χ3v) is 6.69. The van der Waals surface area contributed by atoms with Crippen molar-refractivity contribution >= 4 is 11.6 Å². The Morgan fingerprint density at radius 1 is 1.23 bits per heavy atom. The van der Waals surface area contributed by atoms with Crippen molar-refractivity contribution in [3.8, 4) is 0 Å². The Labute approximate surface area is 155 Å². The fourth-order valence-electron chi connectivity index (χ4n) is 5.24. The van der Waals surface area contributed by atoms with E-state index in [2.05, 4.69) is 5.32 Å². The second kappa shape index (κ2) is 7.57. The molecule has 0 radical (unpaired) electrons. The number of rotatable bonds is 6. The maximum absolute atomic E-state index is 12.8. The minimum Gasteiger partial charge on any atom is -0.395 e. The summed E-state index contributed by atoms with van der Waals surface area (Å²) in [7, 11) is 1.94. The molecule has 26 heavy (non-hydrogen) atoms. The molecule has 1 aromatic carbocycles. The highest BCUT2D eigenvalue weighted by Gasteiger charge is 2.57. The summed E-state index contributed by atoms with van der Waals surface area (Å²) in [6, 6.07) is 7.92. The van der Waals surface area contributed by atoms with Crippen LogP contribution in [0.15, 0.2) is 24.3 Å². The van der Waals surface area contributed by atoms with Gasteiger partial charge in [-0.3, -0.25) is 4.79 Å². The van der Waals surface area contributed by atoms with Crippen molar-refractivity contribution in [3.63, 3.8) is 0 Å². The molecule has 4 atom stereocenters. The van der Waals surface area contributed by atoms with Crippen molar-refractivity contribution in [2.24, 2.45) is 17.8 Å². The number of aliphatic hydroxyl groups is 1. The number of amides is 1. The monoisotopic (exact) mass is 358 g/mol. The number of ether oxygens (including phenoxy) is 1. The number of hydrogen-bond donors (Lipinski definition) is 2. The minimum absolute atomic E-state index is 0.0275. The maximum Gasteiger partial charge on any atom is 0.251 e. The number of nitrogens with zero attached hydrogens (tertiary/aromatic N) is 1. The summed E-state index contributed by atoms with van der Waals surface area (Å²) in [5.41, 5.74) is 1.71. The lowest BCUT2D eigenvalue weighted by molar-refractivity contribution is -0.0784. The average Bonchev–Trinajstić information content (AvgIpc) is 3.31. The fraction of sp³-hybridized carbons (Fsp3) is 0.667. The van der Waals surface area contributed by atoms with E-state index in [0.29, 0.717) is 36.0 Å². The summed E-state index contributed by atoms with van der Waals surface area (Å²) >= 11 is 0. The van der Waals surface area contributed by atoms with Crippen LogP contribution in [0.2, 0.25) is 0 Å². The molecule has 0 bridgehead atoms. The van der Waals surface area contributed by atoms with Crippen LogP contribution in [0.1, 0.15) is 42.5 Å². The highest BCUT2D eigenvalue weighted by atomic mass is 16.5. The van der Waals surface area contributed by atoms with Crippen LogP contribution in [0.5, 0.6) is 0 Å². The van der Waals surface area contributed by atoms with E-state index in [1.807, 2.05) is 36.2 Å². The molecule has 4 unspecified atom stereocenters. The Morgan fingerprint density at radius 2 is 1.96 bits per heavy atom. The first-order valence-corrected chi connectivity index (χ1v) is 10.0. The highest BCUT2D eigenvalue weighted by Crippen LogP contribution is 2.51. The van der Waals surface area contributed by atoms with E-state index < -0.39 is 0 Å². The summed E-state index contributed by atoms with van der Waals surface area (Å²) in [5.74, 6) is 1.75. The molecule has 5 nitrogen and oxygen atoms in total. The second-order valence-corrected chi connectivity index (χ2v) is 8.10. The summed E-state index contributed by atoms with van der Waals surface area (Å²) in [6.07, 6.45) is 6.66. The topological polar surface area (TPSA) is 61.8 Å². The van der Waals surface area contributed by atoms with Gasteiger partial charge in [0.05, 0.1) is 12.7 Å². The van der Waals surface area contributed by atoms with E-state index in [0.717, 1.165) is 18.7 Å². The number of benzene rings is 1. The predicted molar refractivity (Wildman–Crippen MR) is 101 cm³/mol. The molecule has 142 valence electrons. The Balaban J connectivity index is 1.42. The van der Waals surface area contributed by atoms with Gasteiger partial charge in [0.25, 0.3) is 5.91 Å². The first kappa shape index (κ1) is 17.8. The van der Waals surface area contributed by atoms with Gasteiger partial charge >= 0.3 is 0 Å². The Bertz CT molecular complexity index is 622. The zero-order valence-electron chi connectivity index (χ0n) is 15.6. The summed E-state index contributed by atoms with van der Waals surface area (Å²) in [6.45, 7) is 1.55. The van der Waals surface area contributed by atoms with Crippen LogP contribution in [0, 0.1) is 17.8 Å². The quantitative estimate of drug-likeness (QED) is 0.820. The molecule has 1 heterocycles. The Morgan fingerprint density at radius 3 is 2.65 bits per heavy atom. The van der Waals surface area contributed by atoms with Crippen LogP contribution in [0.3, 0.4) is 0 Å². The molecule has 3 fully saturated rings. The zero-order valence-corrected chi connectivity index (χ0v) is 15.6. The number of fused-ring (bicyclic) bond motifs is 1. The van der Waals surface area contributed by atoms with Gasteiger partial charge in [0.1, 0.15) is 0 Å². The van der Waals surface area contributed by atoms with Crippen molar-refractivity contribution < 1.29 is 14.6 Å². The van der Waals surface area contributed by atoms with E-state index in [-0.39, 0.29) is 18.6 Å². The highest BCUT2D eigenvalue weighted by molar-refractivity contribution is 5.94. The van der Waals surface area contributed by atoms with Crippen LogP contribution < -0.4 is 10.2 Å². The molecule has 1 aliphatic heterocycles. The number of carbonyl (C=O) groups is 1. The minimum atomic E-state index is 0.0275. The number of anilines is 1. The van der Waals surface area contributed by atoms with Crippen LogP contribution >= 0.6 is 0 Å². The smallest absolute Gasteiger partial charge is 0.251 e. The van der Waals surface area contributed by atoms with Crippen LogP contribution in [-0.4, -0.2) is 50.0 Å². The number of likely N-dealkylation sites (N-methyl/N-ethyl adjacent to an activating group) is 1. The number of hydrogen-bond acceptors (Lipinski definition) is 4. The van der Waals surface area contributed by atoms with Crippen molar-refractivity contribution in [2.75, 3.05) is 31.7 Å². The average molecular weight is 358 g/mol. The van der Waals surface area contributed by atoms with E-state index in [4.69, 9.17) is 9.84 Å². The van der Waals surface area contributed by atoms with Gasteiger partial charge < -0.3 is 20.1 Å². The summed E-state index contributed by atoms with van der Waals surface area (Å²) in [4.78, 5) is 14.8. The largest absolute Gasteiger partial charge is 0.395 e. The molecule has 4 rings (SSSR count). The van der Waals surface area contributed by atoms with Gasteiger partial charge in [0.15, 0.2) is 0 Å². The molecule has 2 N–H and O–H groups in total. The van der Waals surface area contributed by atoms with E-state index in [9.17, 15) is 4.79 Å². The Kier molecular flexibility index (Phi) is 5.18. The summed E-state index contributed by atoms with van der Waals surface area (Å²) < 4.78 is 5.98. The summed E-state index contributed by atoms with van der Waals surface area (Å²) in [5, 5.41) is 12.4. The lowest BCUT2D eigenvalue weighted by Crippen LogP contribution is -2.63. The third-order valence-electron chi connectivity index (χ3n) is 6.69. The Hall–Kier alpha value is -1.59. The van der Waals surface area contributed by atoms with Gasteiger partial charge in [0, 0.05) is 49.3 Å². The van der Waals surface area contributed by atoms with Gasteiger partial charge in [-0.25, -0.2) is 0 Å². The maximum atomic E-state index is 12.8. The normalized spacial score (nSPS) is 30.7. The standard InChI is InChI=1S/C21H30N2O3/c1-23(11-12-24)16-8-6-15(7-9-16)21(25)22-19-17-10-13-26-20(17)18(19)14-4-2-3-5-14/h6-9,14,17-20,24H,2-5,10-13H2,1H3,(H,22,25). The van der Waals surface area contributed by atoms with Gasteiger partial charge in [-0.15, -0.1) is 0 Å². The van der Waals surface area contributed by atoms with Gasteiger partial charge in [-0.05, 0) is 36.6 Å². The van der Waals surface area contributed by atoms with Crippen LogP contribution in [-0.2, 0) is 4.74 Å². The molecule has 0 spiro atoms. The zero-order chi connectivity index (χ0) is 18.1. The molecule has 1 amide bonds. The van der Waals surface area contributed by atoms with Crippen molar-refractivity contribution in [1.29, 1.82) is 0 Å². The van der Waals surface area contributed by atoms with Crippen LogP contribution in [0.4, 0.5) is 5.69 Å². The van der Waals surface area contributed by atoms with Crippen molar-refractivity contribution in [1.82, 2.24) is 5.32 Å². The lowest BCUT2D eigenvalue weighted by atomic mass is 9.61. The molecular formula is C21H30N2O3. The number of nitrogens with one attached hydrogen (secondary N) is 1. The van der Waals surface area contributed by atoms with Gasteiger partial charge in [-0.1, -0.05) is 25.7 Å². The first-order valence-electron chi connectivity index (χ1n) is 10.0. The second-order valence-electron chi connectivity index (χ2n) is 8.10.